The number of amides is 1. The van der Waals surface area contributed by atoms with E-state index >= 15 is 0 Å². The molecule has 2 unspecified atom stereocenters. The normalized spacial score (nSPS) is 24.4. The molecule has 2 rings (SSSR count). The summed E-state index contributed by atoms with van der Waals surface area (Å²) in [6, 6.07) is 7.93. The minimum absolute atomic E-state index is 0.00440. The van der Waals surface area contributed by atoms with Crippen LogP contribution in [0.15, 0.2) is 24.3 Å². The van der Waals surface area contributed by atoms with Crippen molar-refractivity contribution in [3.05, 3.63) is 29.8 Å². The summed E-state index contributed by atoms with van der Waals surface area (Å²) in [6.45, 7) is 4.19. The van der Waals surface area contributed by atoms with Crippen LogP contribution in [0.3, 0.4) is 0 Å². The van der Waals surface area contributed by atoms with Crippen LogP contribution < -0.4 is 15.8 Å². The molecule has 1 aromatic rings. The molecule has 1 fully saturated rings. The van der Waals surface area contributed by atoms with Gasteiger partial charge in [-0.1, -0.05) is 26.0 Å². The highest BCUT2D eigenvalue weighted by Crippen LogP contribution is 2.38. The minimum atomic E-state index is -0.00440. The van der Waals surface area contributed by atoms with E-state index in [0.717, 1.165) is 17.7 Å². The van der Waals surface area contributed by atoms with Gasteiger partial charge in [0.25, 0.3) is 0 Å². The predicted molar refractivity (Wildman–Crippen MR) is 75.0 cm³/mol. The summed E-state index contributed by atoms with van der Waals surface area (Å²) in [7, 11) is 1.63. The van der Waals surface area contributed by atoms with Crippen molar-refractivity contribution in [3.63, 3.8) is 0 Å². The second-order valence-electron chi connectivity index (χ2n) is 5.81. The summed E-state index contributed by atoms with van der Waals surface area (Å²) >= 11 is 0. The van der Waals surface area contributed by atoms with Crippen LogP contribution in [0, 0.1) is 5.41 Å². The van der Waals surface area contributed by atoms with Crippen molar-refractivity contribution in [2.75, 3.05) is 7.11 Å². The van der Waals surface area contributed by atoms with E-state index in [9.17, 15) is 4.79 Å². The summed E-state index contributed by atoms with van der Waals surface area (Å²) in [5, 5.41) is 3.06. The number of methoxy groups -OCH3 is 1. The van der Waals surface area contributed by atoms with Gasteiger partial charge >= 0.3 is 0 Å². The Balaban J connectivity index is 1.88. The number of carbonyl (C=O) groups is 1. The van der Waals surface area contributed by atoms with E-state index in [4.69, 9.17) is 10.5 Å². The van der Waals surface area contributed by atoms with Crippen LogP contribution in [-0.2, 0) is 11.2 Å². The molecule has 2 atom stereocenters. The molecular weight excluding hydrogens is 240 g/mol. The lowest BCUT2D eigenvalue weighted by Gasteiger charge is -2.50. The van der Waals surface area contributed by atoms with Gasteiger partial charge in [0.15, 0.2) is 0 Å². The Bertz CT molecular complexity index is 454. The Kier molecular flexibility index (Phi) is 3.80. The molecule has 3 N–H and O–H groups in total. The Labute approximate surface area is 114 Å². The number of carbonyl (C=O) groups excluding carboxylic acids is 1. The highest BCUT2D eigenvalue weighted by molar-refractivity contribution is 5.79. The number of benzene rings is 1. The second kappa shape index (κ2) is 5.21. The third kappa shape index (κ3) is 2.89. The molecule has 1 amide bonds. The van der Waals surface area contributed by atoms with Gasteiger partial charge < -0.3 is 15.8 Å². The topological polar surface area (TPSA) is 64.3 Å². The Hall–Kier alpha value is -1.55. The molecule has 1 aliphatic carbocycles. The standard InChI is InChI=1S/C15H22N2O2/c1-15(2)12(16)9-13(15)17-14(18)8-10-4-6-11(19-3)7-5-10/h4-7,12-13H,8-9,16H2,1-3H3,(H,17,18). The van der Waals surface area contributed by atoms with Crippen molar-refractivity contribution >= 4 is 5.91 Å². The molecule has 1 aromatic carbocycles. The number of rotatable bonds is 4. The van der Waals surface area contributed by atoms with Gasteiger partial charge in [0.1, 0.15) is 5.75 Å². The fourth-order valence-electron chi connectivity index (χ4n) is 2.38. The van der Waals surface area contributed by atoms with Crippen molar-refractivity contribution in [1.82, 2.24) is 5.32 Å². The summed E-state index contributed by atoms with van der Waals surface area (Å²) < 4.78 is 5.09. The number of hydrogen-bond acceptors (Lipinski definition) is 3. The van der Waals surface area contributed by atoms with Gasteiger partial charge in [0, 0.05) is 17.5 Å². The maximum absolute atomic E-state index is 12.0. The van der Waals surface area contributed by atoms with Crippen LogP contribution in [-0.4, -0.2) is 25.1 Å². The van der Waals surface area contributed by atoms with E-state index in [1.54, 1.807) is 7.11 Å². The molecule has 1 aliphatic rings. The van der Waals surface area contributed by atoms with E-state index in [-0.39, 0.29) is 23.4 Å². The molecule has 1 saturated carbocycles. The number of nitrogens with two attached hydrogens (primary N) is 1. The van der Waals surface area contributed by atoms with Gasteiger partial charge in [-0.2, -0.15) is 0 Å². The first kappa shape index (κ1) is 13.9. The van der Waals surface area contributed by atoms with Crippen LogP contribution in [0.25, 0.3) is 0 Å². The fourth-order valence-corrected chi connectivity index (χ4v) is 2.38. The summed E-state index contributed by atoms with van der Waals surface area (Å²) in [4.78, 5) is 12.0. The molecule has 4 heteroatoms. The first-order valence-corrected chi connectivity index (χ1v) is 6.61. The fraction of sp³-hybridized carbons (Fsp3) is 0.533. The lowest BCUT2D eigenvalue weighted by atomic mass is 9.63. The number of ether oxygens (including phenoxy) is 1. The molecule has 0 bridgehead atoms. The van der Waals surface area contributed by atoms with Crippen LogP contribution in [0.5, 0.6) is 5.75 Å². The quantitative estimate of drug-likeness (QED) is 0.864. The first-order chi connectivity index (χ1) is 8.93. The Morgan fingerprint density at radius 1 is 1.42 bits per heavy atom. The zero-order chi connectivity index (χ0) is 14.0. The maximum Gasteiger partial charge on any atom is 0.224 e. The van der Waals surface area contributed by atoms with Gasteiger partial charge in [-0.05, 0) is 24.1 Å². The van der Waals surface area contributed by atoms with Gasteiger partial charge in [-0.25, -0.2) is 0 Å². The Morgan fingerprint density at radius 2 is 2.05 bits per heavy atom. The van der Waals surface area contributed by atoms with Gasteiger partial charge in [-0.15, -0.1) is 0 Å². The molecule has 0 aromatic heterocycles. The van der Waals surface area contributed by atoms with Gasteiger partial charge in [0.05, 0.1) is 13.5 Å². The van der Waals surface area contributed by atoms with Crippen molar-refractivity contribution in [2.24, 2.45) is 11.1 Å². The summed E-state index contributed by atoms with van der Waals surface area (Å²) in [5.41, 5.74) is 6.92. The molecule has 104 valence electrons. The molecule has 19 heavy (non-hydrogen) atoms. The molecule has 0 spiro atoms. The van der Waals surface area contributed by atoms with E-state index in [0.29, 0.717) is 6.42 Å². The van der Waals surface area contributed by atoms with Crippen molar-refractivity contribution < 1.29 is 9.53 Å². The summed E-state index contributed by atoms with van der Waals surface area (Å²) in [6.07, 6.45) is 1.26. The minimum Gasteiger partial charge on any atom is -0.497 e. The largest absolute Gasteiger partial charge is 0.497 e. The van der Waals surface area contributed by atoms with E-state index < -0.39 is 0 Å². The molecule has 4 nitrogen and oxygen atoms in total. The molecule has 0 radical (unpaired) electrons. The highest BCUT2D eigenvalue weighted by atomic mass is 16.5. The highest BCUT2D eigenvalue weighted by Gasteiger charge is 2.46. The smallest absolute Gasteiger partial charge is 0.224 e. The summed E-state index contributed by atoms with van der Waals surface area (Å²) in [5.74, 6) is 0.852. The molecule has 0 aliphatic heterocycles. The monoisotopic (exact) mass is 262 g/mol. The van der Waals surface area contributed by atoms with Crippen LogP contribution in [0.2, 0.25) is 0 Å². The first-order valence-electron chi connectivity index (χ1n) is 6.61. The van der Waals surface area contributed by atoms with Crippen LogP contribution in [0.4, 0.5) is 0 Å². The van der Waals surface area contributed by atoms with E-state index in [1.165, 1.54) is 0 Å². The molecule has 0 heterocycles. The van der Waals surface area contributed by atoms with Gasteiger partial charge in [0.2, 0.25) is 5.91 Å². The molecular formula is C15H22N2O2. The van der Waals surface area contributed by atoms with Crippen molar-refractivity contribution in [3.8, 4) is 5.75 Å². The van der Waals surface area contributed by atoms with Crippen molar-refractivity contribution in [1.29, 1.82) is 0 Å². The van der Waals surface area contributed by atoms with Crippen LogP contribution in [0.1, 0.15) is 25.8 Å². The Morgan fingerprint density at radius 3 is 2.53 bits per heavy atom. The van der Waals surface area contributed by atoms with Crippen LogP contribution >= 0.6 is 0 Å². The lowest BCUT2D eigenvalue weighted by molar-refractivity contribution is -0.123. The van der Waals surface area contributed by atoms with Crippen molar-refractivity contribution in [2.45, 2.75) is 38.8 Å². The third-order valence-electron chi connectivity index (χ3n) is 4.20. The zero-order valence-electron chi connectivity index (χ0n) is 11.8. The zero-order valence-corrected chi connectivity index (χ0v) is 11.8. The second-order valence-corrected chi connectivity index (χ2v) is 5.81. The van der Waals surface area contributed by atoms with E-state index in [2.05, 4.69) is 19.2 Å². The third-order valence-corrected chi connectivity index (χ3v) is 4.20. The average Bonchev–Trinajstić information content (AvgIpc) is 2.39. The maximum atomic E-state index is 12.0. The lowest BCUT2D eigenvalue weighted by Crippen LogP contribution is -2.64. The van der Waals surface area contributed by atoms with Gasteiger partial charge in [-0.3, -0.25) is 4.79 Å². The molecule has 0 saturated heterocycles. The van der Waals surface area contributed by atoms with E-state index in [1.807, 2.05) is 24.3 Å². The number of nitrogens with one attached hydrogen (secondary N) is 1. The average molecular weight is 262 g/mol. The predicted octanol–water partition coefficient (Wildman–Crippen LogP) is 1.48. The number of hydrogen-bond donors (Lipinski definition) is 2. The SMILES string of the molecule is COc1ccc(CC(=O)NC2CC(N)C2(C)C)cc1.